The number of rotatable bonds is 4. The van der Waals surface area contributed by atoms with Crippen molar-refractivity contribution < 1.29 is 4.79 Å². The molecule has 0 fully saturated rings. The van der Waals surface area contributed by atoms with Crippen molar-refractivity contribution in [2.24, 2.45) is 0 Å². The molecule has 12 heavy (non-hydrogen) atoms. The number of benzene rings is 1. The number of carbonyl (C=O) groups is 1. The van der Waals surface area contributed by atoms with E-state index in [0.29, 0.717) is 6.54 Å². The van der Waals surface area contributed by atoms with Crippen LogP contribution in [0.5, 0.6) is 0 Å². The maximum atomic E-state index is 11.3. The summed E-state index contributed by atoms with van der Waals surface area (Å²) in [7, 11) is 1.73. The first-order chi connectivity index (χ1) is 5.84. The van der Waals surface area contributed by atoms with Crippen LogP contribution >= 0.6 is 0 Å². The van der Waals surface area contributed by atoms with Crippen molar-refractivity contribution in [2.45, 2.75) is 0 Å². The molecule has 0 unspecified atom stereocenters. The number of carbonyl (C=O) groups excluding carboxylic acids is 1. The molecule has 1 aromatic rings. The Labute approximate surface area is 71.8 Å². The van der Waals surface area contributed by atoms with Crippen molar-refractivity contribution >= 4 is 5.78 Å². The van der Waals surface area contributed by atoms with Crippen LogP contribution < -0.4 is 10.9 Å². The van der Waals surface area contributed by atoms with Crippen LogP contribution in [0.1, 0.15) is 10.4 Å². The summed E-state index contributed by atoms with van der Waals surface area (Å²) in [6.45, 7) is 0.320. The number of hydrazine groups is 1. The Kier molecular flexibility index (Phi) is 3.44. The van der Waals surface area contributed by atoms with Crippen molar-refractivity contribution in [3.8, 4) is 0 Å². The summed E-state index contributed by atoms with van der Waals surface area (Å²) >= 11 is 0. The highest BCUT2D eigenvalue weighted by Gasteiger charge is 2.01. The van der Waals surface area contributed by atoms with E-state index in [1.807, 2.05) is 18.2 Å². The SMILES string of the molecule is CNNCC(=O)c1ccccc1. The molecule has 1 rings (SSSR count). The zero-order valence-electron chi connectivity index (χ0n) is 7.00. The molecule has 1 aromatic carbocycles. The monoisotopic (exact) mass is 164 g/mol. The summed E-state index contributed by atoms with van der Waals surface area (Å²) < 4.78 is 0. The molecule has 0 aliphatic heterocycles. The van der Waals surface area contributed by atoms with Gasteiger partial charge in [-0.15, -0.1) is 0 Å². The third kappa shape index (κ3) is 2.45. The highest BCUT2D eigenvalue weighted by atomic mass is 16.1. The number of nitrogens with one attached hydrogen (secondary N) is 2. The summed E-state index contributed by atoms with van der Waals surface area (Å²) in [5, 5.41) is 0. The largest absolute Gasteiger partial charge is 0.293 e. The van der Waals surface area contributed by atoms with E-state index in [9.17, 15) is 4.79 Å². The van der Waals surface area contributed by atoms with Gasteiger partial charge in [-0.05, 0) is 7.05 Å². The lowest BCUT2D eigenvalue weighted by atomic mass is 10.1. The zero-order chi connectivity index (χ0) is 8.81. The van der Waals surface area contributed by atoms with E-state index < -0.39 is 0 Å². The van der Waals surface area contributed by atoms with Gasteiger partial charge >= 0.3 is 0 Å². The highest BCUT2D eigenvalue weighted by Crippen LogP contribution is 1.98. The van der Waals surface area contributed by atoms with Crippen LogP contribution in [0, 0.1) is 0 Å². The number of hydrogen-bond acceptors (Lipinski definition) is 3. The van der Waals surface area contributed by atoms with Gasteiger partial charge in [0.2, 0.25) is 0 Å². The molecular formula is C9H12N2O. The van der Waals surface area contributed by atoms with Crippen LogP contribution in [0.3, 0.4) is 0 Å². The number of Topliss-reactive ketones (excluding diaryl/α,β-unsaturated/α-hetero) is 1. The van der Waals surface area contributed by atoms with Crippen LogP contribution in [-0.2, 0) is 0 Å². The van der Waals surface area contributed by atoms with Crippen LogP contribution in [0.2, 0.25) is 0 Å². The molecule has 2 N–H and O–H groups in total. The third-order valence-electron chi connectivity index (χ3n) is 1.52. The Hall–Kier alpha value is -1.19. The van der Waals surface area contributed by atoms with E-state index in [-0.39, 0.29) is 5.78 Å². The van der Waals surface area contributed by atoms with Gasteiger partial charge in [-0.25, -0.2) is 0 Å². The highest BCUT2D eigenvalue weighted by molar-refractivity contribution is 5.97. The van der Waals surface area contributed by atoms with Gasteiger partial charge < -0.3 is 0 Å². The fourth-order valence-electron chi connectivity index (χ4n) is 0.895. The minimum Gasteiger partial charge on any atom is -0.293 e. The van der Waals surface area contributed by atoms with Gasteiger partial charge in [0.05, 0.1) is 6.54 Å². The fourth-order valence-corrected chi connectivity index (χ4v) is 0.895. The lowest BCUT2D eigenvalue weighted by molar-refractivity contribution is 0.0987. The smallest absolute Gasteiger partial charge is 0.177 e. The first-order valence-electron chi connectivity index (χ1n) is 3.82. The summed E-state index contributed by atoms with van der Waals surface area (Å²) in [4.78, 5) is 11.3. The van der Waals surface area contributed by atoms with Gasteiger partial charge in [0.15, 0.2) is 5.78 Å². The molecular weight excluding hydrogens is 152 g/mol. The Morgan fingerprint density at radius 2 is 2.00 bits per heavy atom. The third-order valence-corrected chi connectivity index (χ3v) is 1.52. The van der Waals surface area contributed by atoms with Crippen LogP contribution in [0.25, 0.3) is 0 Å². The van der Waals surface area contributed by atoms with Crippen molar-refractivity contribution in [1.82, 2.24) is 10.9 Å². The molecule has 3 heteroatoms. The van der Waals surface area contributed by atoms with Crippen molar-refractivity contribution in [2.75, 3.05) is 13.6 Å². The van der Waals surface area contributed by atoms with Crippen molar-refractivity contribution in [3.05, 3.63) is 35.9 Å². The van der Waals surface area contributed by atoms with Gasteiger partial charge in [0.1, 0.15) is 0 Å². The molecule has 0 radical (unpaired) electrons. The van der Waals surface area contributed by atoms with E-state index in [1.54, 1.807) is 19.2 Å². The summed E-state index contributed by atoms with van der Waals surface area (Å²) in [5.41, 5.74) is 6.18. The van der Waals surface area contributed by atoms with E-state index in [4.69, 9.17) is 0 Å². The maximum Gasteiger partial charge on any atom is 0.177 e. The maximum absolute atomic E-state index is 11.3. The average molecular weight is 164 g/mol. The molecule has 0 amide bonds. The van der Waals surface area contributed by atoms with Gasteiger partial charge in [-0.1, -0.05) is 30.3 Å². The lowest BCUT2D eigenvalue weighted by Gasteiger charge is -2.00. The normalized spacial score (nSPS) is 9.75. The van der Waals surface area contributed by atoms with Gasteiger partial charge in [-0.3, -0.25) is 15.6 Å². The predicted molar refractivity (Wildman–Crippen MR) is 47.8 cm³/mol. The Balaban J connectivity index is 2.54. The van der Waals surface area contributed by atoms with Gasteiger partial charge in [0, 0.05) is 5.56 Å². The molecule has 0 spiro atoms. The summed E-state index contributed by atoms with van der Waals surface area (Å²) in [6, 6.07) is 9.21. The first kappa shape index (κ1) is 8.90. The molecule has 0 aliphatic carbocycles. The number of hydrogen-bond donors (Lipinski definition) is 2. The zero-order valence-corrected chi connectivity index (χ0v) is 7.00. The predicted octanol–water partition coefficient (Wildman–Crippen LogP) is 0.593. The van der Waals surface area contributed by atoms with E-state index in [2.05, 4.69) is 10.9 Å². The second-order valence-corrected chi connectivity index (χ2v) is 2.39. The molecule has 0 heterocycles. The molecule has 0 aliphatic rings. The van der Waals surface area contributed by atoms with Crippen molar-refractivity contribution in [1.29, 1.82) is 0 Å². The number of ketones is 1. The minimum atomic E-state index is 0.0879. The van der Waals surface area contributed by atoms with Gasteiger partial charge in [0.25, 0.3) is 0 Å². The lowest BCUT2D eigenvalue weighted by Crippen LogP contribution is -2.32. The van der Waals surface area contributed by atoms with E-state index in [0.717, 1.165) is 5.56 Å². The summed E-state index contributed by atoms with van der Waals surface area (Å²) in [6.07, 6.45) is 0. The van der Waals surface area contributed by atoms with Crippen LogP contribution in [-0.4, -0.2) is 19.4 Å². The average Bonchev–Trinajstić information content (AvgIpc) is 2.15. The van der Waals surface area contributed by atoms with Crippen LogP contribution in [0.15, 0.2) is 30.3 Å². The van der Waals surface area contributed by atoms with Gasteiger partial charge in [-0.2, -0.15) is 0 Å². The first-order valence-corrected chi connectivity index (χ1v) is 3.82. The molecule has 0 bridgehead atoms. The standard InChI is InChI=1S/C9H12N2O/c1-10-11-7-9(12)8-5-3-2-4-6-8/h2-6,10-11H,7H2,1H3. The molecule has 3 nitrogen and oxygen atoms in total. The van der Waals surface area contributed by atoms with Crippen molar-refractivity contribution in [3.63, 3.8) is 0 Å². The summed E-state index contributed by atoms with van der Waals surface area (Å²) in [5.74, 6) is 0.0879. The van der Waals surface area contributed by atoms with E-state index in [1.165, 1.54) is 0 Å². The minimum absolute atomic E-state index is 0.0879. The second-order valence-electron chi connectivity index (χ2n) is 2.39. The Morgan fingerprint density at radius 1 is 1.33 bits per heavy atom. The van der Waals surface area contributed by atoms with E-state index >= 15 is 0 Å². The quantitative estimate of drug-likeness (QED) is 0.505. The Morgan fingerprint density at radius 3 is 2.58 bits per heavy atom. The molecule has 64 valence electrons. The topological polar surface area (TPSA) is 41.1 Å². The second kappa shape index (κ2) is 4.64. The molecule has 0 saturated heterocycles. The Bertz CT molecular complexity index is 246. The molecule has 0 aromatic heterocycles. The molecule has 0 atom stereocenters. The molecule has 0 saturated carbocycles. The van der Waals surface area contributed by atoms with Crippen LogP contribution in [0.4, 0.5) is 0 Å². The fraction of sp³-hybridized carbons (Fsp3) is 0.222.